The first-order chi connectivity index (χ1) is 33.2. The van der Waals surface area contributed by atoms with Crippen molar-refractivity contribution in [3.05, 3.63) is 218 Å². The highest BCUT2D eigenvalue weighted by molar-refractivity contribution is 6.16. The maximum absolute atomic E-state index is 6.80. The van der Waals surface area contributed by atoms with E-state index in [-0.39, 0.29) is 0 Å². The lowest BCUT2D eigenvalue weighted by atomic mass is 10.1. The topological polar surface area (TPSA) is 100 Å². The first-order valence-corrected chi connectivity index (χ1v) is 22.1. The number of fused-ring (bicyclic) bond motifs is 6. The van der Waals surface area contributed by atoms with Crippen LogP contribution in [0.4, 0.5) is 0 Å². The van der Waals surface area contributed by atoms with Crippen molar-refractivity contribution in [3.63, 3.8) is 0 Å². The van der Waals surface area contributed by atoms with Gasteiger partial charge in [-0.15, -0.1) is 10.2 Å². The van der Waals surface area contributed by atoms with E-state index in [1.165, 1.54) is 0 Å². The van der Waals surface area contributed by atoms with Gasteiger partial charge in [0.15, 0.2) is 0 Å². The lowest BCUT2D eigenvalue weighted by molar-refractivity contribution is 0.586. The fraction of sp³-hybridized carbons (Fsp3) is 0. The summed E-state index contributed by atoms with van der Waals surface area (Å²) in [5.41, 5.74) is 12.7. The van der Waals surface area contributed by atoms with Crippen LogP contribution in [0.25, 0.3) is 123 Å². The number of rotatable bonds is 8. The molecule has 5 aromatic heterocycles. The van der Waals surface area contributed by atoms with E-state index < -0.39 is 0 Å². The van der Waals surface area contributed by atoms with Gasteiger partial charge in [0, 0.05) is 54.9 Å². The third-order valence-electron chi connectivity index (χ3n) is 12.4. The molecule has 0 saturated carbocycles. The third-order valence-corrected chi connectivity index (χ3v) is 12.4. The second kappa shape index (κ2) is 15.7. The minimum atomic E-state index is 0.402. The molecule has 314 valence electrons. The fourth-order valence-electron chi connectivity index (χ4n) is 9.36. The van der Waals surface area contributed by atoms with Crippen molar-refractivity contribution in [2.45, 2.75) is 0 Å². The molecule has 9 nitrogen and oxygen atoms in total. The van der Waals surface area contributed by atoms with Crippen LogP contribution in [0.5, 0.6) is 0 Å². The average molecular weight is 861 g/mol. The third kappa shape index (κ3) is 6.48. The van der Waals surface area contributed by atoms with E-state index in [1.807, 2.05) is 109 Å². The first-order valence-electron chi connectivity index (χ1n) is 22.1. The second-order valence-electron chi connectivity index (χ2n) is 16.4. The summed E-state index contributed by atoms with van der Waals surface area (Å²) in [4.78, 5) is 20.9. The van der Waals surface area contributed by atoms with Crippen LogP contribution in [-0.2, 0) is 0 Å². The molecule has 0 radical (unpaired) electrons. The number of aromatic nitrogens is 8. The van der Waals surface area contributed by atoms with Crippen molar-refractivity contribution in [1.82, 2.24) is 39.3 Å². The molecule has 0 saturated heterocycles. The van der Waals surface area contributed by atoms with Crippen molar-refractivity contribution in [3.8, 4) is 79.8 Å². The molecule has 13 rings (SSSR count). The van der Waals surface area contributed by atoms with E-state index >= 15 is 0 Å². The zero-order valence-corrected chi connectivity index (χ0v) is 35.8. The van der Waals surface area contributed by atoms with Crippen LogP contribution in [-0.4, -0.2) is 39.3 Å². The molecule has 0 aliphatic carbocycles. The smallest absolute Gasteiger partial charge is 0.248 e. The normalized spacial score (nSPS) is 11.6. The van der Waals surface area contributed by atoms with E-state index in [0.717, 1.165) is 99.8 Å². The van der Waals surface area contributed by atoms with Crippen LogP contribution < -0.4 is 0 Å². The number of hydrogen-bond acceptors (Lipinski definition) is 7. The molecule has 13 aromatic rings. The Labute approximate surface area is 384 Å². The number of para-hydroxylation sites is 2. The van der Waals surface area contributed by atoms with E-state index in [4.69, 9.17) is 34.6 Å². The Hall–Kier alpha value is -9.34. The van der Waals surface area contributed by atoms with Crippen LogP contribution in [0, 0.1) is 0 Å². The van der Waals surface area contributed by atoms with Gasteiger partial charge in [0.1, 0.15) is 0 Å². The molecule has 9 heteroatoms. The maximum Gasteiger partial charge on any atom is 0.248 e. The van der Waals surface area contributed by atoms with E-state index in [2.05, 4.69) is 118 Å². The van der Waals surface area contributed by atoms with Gasteiger partial charge < -0.3 is 4.42 Å². The minimum absolute atomic E-state index is 0.402. The molecule has 0 atom stereocenters. The molecule has 0 spiro atoms. The van der Waals surface area contributed by atoms with E-state index in [0.29, 0.717) is 23.7 Å². The number of hydrogen-bond donors (Lipinski definition) is 0. The Morgan fingerprint density at radius 2 is 0.612 bits per heavy atom. The van der Waals surface area contributed by atoms with E-state index in [1.54, 1.807) is 0 Å². The summed E-state index contributed by atoms with van der Waals surface area (Å²) < 4.78 is 11.1. The lowest BCUT2D eigenvalue weighted by Crippen LogP contribution is -2.04. The SMILES string of the molecule is c1ccc(-c2cc(-c3ccccc3)nc(-n3c4ccccc4c4c(-c5nnc(-c6cccc7c6c6ccccc6n7-c6nc(-c7ccccc7)cc(-c7ccccc7)n6)o5)cccc43)n2)cc1. The van der Waals surface area contributed by atoms with Gasteiger partial charge in [0.05, 0.1) is 44.8 Å². The van der Waals surface area contributed by atoms with Gasteiger partial charge in [-0.2, -0.15) is 0 Å². The van der Waals surface area contributed by atoms with Crippen molar-refractivity contribution in [2.24, 2.45) is 0 Å². The van der Waals surface area contributed by atoms with Gasteiger partial charge in [-0.3, -0.25) is 9.13 Å². The monoisotopic (exact) mass is 860 g/mol. The lowest BCUT2D eigenvalue weighted by Gasteiger charge is -2.12. The zero-order valence-electron chi connectivity index (χ0n) is 35.8. The maximum atomic E-state index is 6.80. The molecule has 67 heavy (non-hydrogen) atoms. The van der Waals surface area contributed by atoms with Crippen molar-refractivity contribution < 1.29 is 4.42 Å². The number of benzene rings is 8. The van der Waals surface area contributed by atoms with Gasteiger partial charge in [0.2, 0.25) is 23.7 Å². The summed E-state index contributed by atoms with van der Waals surface area (Å²) in [5.74, 6) is 1.93. The first kappa shape index (κ1) is 38.1. The quantitative estimate of drug-likeness (QED) is 0.150. The molecule has 0 amide bonds. The standard InChI is InChI=1S/C58H36N8O/c1-5-19-37(20-6-1)45-35-46(38-21-7-2-8-22-38)60-57(59-45)65-49-31-15-13-27-41(49)53-43(29-17-33-51(53)65)55-63-64-56(67-55)44-30-18-34-52-54(44)42-28-14-16-32-50(42)66(52)58-61-47(39-23-9-3-10-24-39)36-48(62-58)40-25-11-4-12-26-40/h1-36H. The number of nitrogens with zero attached hydrogens (tertiary/aromatic N) is 8. The van der Waals surface area contributed by atoms with Crippen LogP contribution in [0.2, 0.25) is 0 Å². The minimum Gasteiger partial charge on any atom is -0.416 e. The van der Waals surface area contributed by atoms with E-state index in [9.17, 15) is 0 Å². The van der Waals surface area contributed by atoms with Gasteiger partial charge in [0.25, 0.3) is 0 Å². The van der Waals surface area contributed by atoms with Gasteiger partial charge in [-0.05, 0) is 48.5 Å². The Balaban J connectivity index is 0.977. The summed E-state index contributed by atoms with van der Waals surface area (Å²) in [6.45, 7) is 0. The highest BCUT2D eigenvalue weighted by Gasteiger charge is 2.24. The molecule has 5 heterocycles. The summed E-state index contributed by atoms with van der Waals surface area (Å²) in [5, 5.41) is 13.5. The van der Waals surface area contributed by atoms with Crippen LogP contribution in [0.15, 0.2) is 223 Å². The fourth-order valence-corrected chi connectivity index (χ4v) is 9.36. The van der Waals surface area contributed by atoms with Crippen molar-refractivity contribution in [1.29, 1.82) is 0 Å². The summed E-state index contributed by atoms with van der Waals surface area (Å²) >= 11 is 0. The largest absolute Gasteiger partial charge is 0.416 e. The molecule has 0 aliphatic heterocycles. The second-order valence-corrected chi connectivity index (χ2v) is 16.4. The summed E-state index contributed by atoms with van der Waals surface area (Å²) in [7, 11) is 0. The molecule has 0 aliphatic rings. The molecule has 0 fully saturated rings. The van der Waals surface area contributed by atoms with Gasteiger partial charge >= 0.3 is 0 Å². The molecule has 8 aromatic carbocycles. The average Bonchev–Trinajstić information content (AvgIpc) is 4.13. The predicted molar refractivity (Wildman–Crippen MR) is 267 cm³/mol. The Bertz CT molecular complexity index is 3600. The Kier molecular flexibility index (Phi) is 8.95. The molecule has 0 N–H and O–H groups in total. The van der Waals surface area contributed by atoms with Crippen LogP contribution in [0.3, 0.4) is 0 Å². The molecule has 0 unspecified atom stereocenters. The Morgan fingerprint density at radius 3 is 0.970 bits per heavy atom. The Morgan fingerprint density at radius 1 is 0.299 bits per heavy atom. The van der Waals surface area contributed by atoms with Crippen molar-refractivity contribution in [2.75, 3.05) is 0 Å². The summed E-state index contributed by atoms with van der Waals surface area (Å²) in [6, 6.07) is 74.1. The van der Waals surface area contributed by atoms with Gasteiger partial charge in [-0.25, -0.2) is 19.9 Å². The molecule has 0 bridgehead atoms. The predicted octanol–water partition coefficient (Wildman–Crippen LogP) is 13.8. The molecular formula is C58H36N8O. The van der Waals surface area contributed by atoms with Gasteiger partial charge in [-0.1, -0.05) is 170 Å². The highest BCUT2D eigenvalue weighted by atomic mass is 16.4. The van der Waals surface area contributed by atoms with Crippen LogP contribution >= 0.6 is 0 Å². The van der Waals surface area contributed by atoms with Crippen molar-refractivity contribution >= 4 is 43.6 Å². The highest BCUT2D eigenvalue weighted by Crippen LogP contribution is 2.42. The van der Waals surface area contributed by atoms with Crippen LogP contribution in [0.1, 0.15) is 0 Å². The molecular weight excluding hydrogens is 825 g/mol. The zero-order chi connectivity index (χ0) is 44.3. The summed E-state index contributed by atoms with van der Waals surface area (Å²) in [6.07, 6.45) is 0.